The highest BCUT2D eigenvalue weighted by molar-refractivity contribution is 6.47. The van der Waals surface area contributed by atoms with E-state index in [9.17, 15) is 14.7 Å². The maximum absolute atomic E-state index is 13.4. The smallest absolute Gasteiger partial charge is 0.295 e. The molecule has 0 bridgehead atoms. The zero-order valence-electron chi connectivity index (χ0n) is 20.6. The summed E-state index contributed by atoms with van der Waals surface area (Å²) in [7, 11) is 3.11. The second-order valence-corrected chi connectivity index (χ2v) is 9.71. The minimum absolute atomic E-state index is 0.0481. The Balaban J connectivity index is 1.59. The molecule has 1 aliphatic heterocycles. The van der Waals surface area contributed by atoms with Gasteiger partial charge in [0.05, 0.1) is 25.8 Å². The van der Waals surface area contributed by atoms with Crippen molar-refractivity contribution in [1.29, 1.82) is 0 Å². The number of ether oxygens (including phenoxy) is 2. The lowest BCUT2D eigenvalue weighted by Gasteiger charge is -2.26. The molecule has 1 amide bonds. The van der Waals surface area contributed by atoms with E-state index in [4.69, 9.17) is 32.7 Å². The highest BCUT2D eigenvalue weighted by Crippen LogP contribution is 2.43. The van der Waals surface area contributed by atoms with Crippen LogP contribution in [0.5, 0.6) is 11.5 Å². The molecular weight excluding hydrogens is 527 g/mol. The van der Waals surface area contributed by atoms with E-state index in [1.54, 1.807) is 49.6 Å². The summed E-state index contributed by atoms with van der Waals surface area (Å²) < 4.78 is 10.6. The van der Waals surface area contributed by atoms with Gasteiger partial charge in [-0.05, 0) is 60.0 Å². The Hall–Kier alpha value is -3.94. The fourth-order valence-corrected chi connectivity index (χ4v) is 5.33. The molecule has 1 saturated heterocycles. The van der Waals surface area contributed by atoms with Crippen LogP contribution in [-0.2, 0) is 16.0 Å². The topological polar surface area (TPSA) is 91.9 Å². The van der Waals surface area contributed by atoms with Gasteiger partial charge < -0.3 is 24.5 Å². The first-order valence-electron chi connectivity index (χ1n) is 11.8. The summed E-state index contributed by atoms with van der Waals surface area (Å²) in [6.07, 6.45) is 2.32. The number of carbonyl (C=O) groups is 2. The van der Waals surface area contributed by atoms with Gasteiger partial charge in [-0.1, -0.05) is 41.4 Å². The van der Waals surface area contributed by atoms with Gasteiger partial charge in [-0.15, -0.1) is 0 Å². The highest BCUT2D eigenvalue weighted by atomic mass is 35.5. The lowest BCUT2D eigenvalue weighted by atomic mass is 9.95. The summed E-state index contributed by atoms with van der Waals surface area (Å²) in [4.78, 5) is 31.4. The van der Waals surface area contributed by atoms with Crippen LogP contribution >= 0.6 is 23.2 Å². The summed E-state index contributed by atoms with van der Waals surface area (Å²) in [5.41, 5.74) is 2.67. The molecule has 1 fully saturated rings. The zero-order valence-corrected chi connectivity index (χ0v) is 22.1. The lowest BCUT2D eigenvalue weighted by molar-refractivity contribution is -0.139. The monoisotopic (exact) mass is 550 g/mol. The first-order valence-corrected chi connectivity index (χ1v) is 12.6. The molecule has 5 rings (SSSR count). The normalized spacial score (nSPS) is 16.8. The molecule has 38 heavy (non-hydrogen) atoms. The number of H-pyrrole nitrogens is 1. The number of aromatic amines is 1. The van der Waals surface area contributed by atoms with E-state index in [1.165, 1.54) is 12.0 Å². The second kappa shape index (κ2) is 10.4. The molecule has 0 unspecified atom stereocenters. The number of methoxy groups -OCH3 is 2. The third-order valence-corrected chi connectivity index (χ3v) is 7.30. The van der Waals surface area contributed by atoms with Gasteiger partial charge in [-0.2, -0.15) is 0 Å². The van der Waals surface area contributed by atoms with Crippen LogP contribution in [0.3, 0.4) is 0 Å². The Bertz CT molecular complexity index is 1590. The summed E-state index contributed by atoms with van der Waals surface area (Å²) in [5.74, 6) is -0.605. The number of aliphatic hydroxyl groups is 1. The molecule has 2 N–H and O–H groups in total. The maximum Gasteiger partial charge on any atom is 0.295 e. The van der Waals surface area contributed by atoms with Gasteiger partial charge in [-0.25, -0.2) is 0 Å². The number of aliphatic hydroxyl groups excluding tert-OH is 1. The first-order chi connectivity index (χ1) is 18.3. The standard InChI is InChI=1S/C29H24Cl2N2O5/c1-37-19-5-3-4-16(12-19)27(34)25-26(21-8-6-18(30)13-23(21)31)33(29(36)28(25)35)11-10-17-15-32-24-9-7-20(38-2)14-22(17)24/h3-9,12-15,26,32,34H,10-11H2,1-2H3/t26-/m1/s1. The summed E-state index contributed by atoms with van der Waals surface area (Å²) in [5, 5.41) is 13.0. The highest BCUT2D eigenvalue weighted by Gasteiger charge is 2.46. The SMILES string of the molecule is COc1cccc(C(O)=C2C(=O)C(=O)N(CCc3c[nH]c4ccc(OC)cc34)[C@@H]2c2ccc(Cl)cc2Cl)c1. The number of halogens is 2. The van der Waals surface area contributed by atoms with E-state index in [1.807, 2.05) is 24.4 Å². The van der Waals surface area contributed by atoms with E-state index in [0.29, 0.717) is 34.1 Å². The van der Waals surface area contributed by atoms with Gasteiger partial charge in [-0.3, -0.25) is 9.59 Å². The number of nitrogens with zero attached hydrogens (tertiary/aromatic N) is 1. The molecule has 0 radical (unpaired) electrons. The molecule has 0 spiro atoms. The molecule has 4 aromatic rings. The molecule has 194 valence electrons. The lowest BCUT2D eigenvalue weighted by Crippen LogP contribution is -2.31. The quantitative estimate of drug-likeness (QED) is 0.163. The number of likely N-dealkylation sites (tertiary alicyclic amines) is 1. The summed E-state index contributed by atoms with van der Waals surface area (Å²) >= 11 is 12.7. The van der Waals surface area contributed by atoms with Crippen LogP contribution in [0.2, 0.25) is 10.0 Å². The number of carbonyl (C=O) groups excluding carboxylic acids is 2. The third kappa shape index (κ3) is 4.59. The van der Waals surface area contributed by atoms with Crippen molar-refractivity contribution in [2.24, 2.45) is 0 Å². The van der Waals surface area contributed by atoms with Crippen molar-refractivity contribution >= 4 is 51.6 Å². The molecule has 0 aliphatic carbocycles. The fourth-order valence-electron chi connectivity index (χ4n) is 4.82. The minimum atomic E-state index is -0.911. The molecule has 7 nitrogen and oxygen atoms in total. The molecule has 1 aliphatic rings. The average molecular weight is 551 g/mol. The molecule has 3 aromatic carbocycles. The van der Waals surface area contributed by atoms with Crippen molar-refractivity contribution in [1.82, 2.24) is 9.88 Å². The van der Waals surface area contributed by atoms with Crippen LogP contribution in [0.15, 0.2) is 72.4 Å². The van der Waals surface area contributed by atoms with E-state index in [0.717, 1.165) is 16.5 Å². The molecule has 1 aromatic heterocycles. The molecule has 2 heterocycles. The zero-order chi connectivity index (χ0) is 27.0. The number of ketones is 1. The van der Waals surface area contributed by atoms with Crippen molar-refractivity contribution in [3.63, 3.8) is 0 Å². The van der Waals surface area contributed by atoms with Gasteiger partial charge in [0.2, 0.25) is 0 Å². The van der Waals surface area contributed by atoms with E-state index < -0.39 is 17.7 Å². The van der Waals surface area contributed by atoms with Crippen LogP contribution in [-0.4, -0.2) is 47.4 Å². The van der Waals surface area contributed by atoms with Crippen molar-refractivity contribution in [2.45, 2.75) is 12.5 Å². The molecule has 0 saturated carbocycles. The largest absolute Gasteiger partial charge is 0.507 e. The predicted octanol–water partition coefficient (Wildman–Crippen LogP) is 6.16. The van der Waals surface area contributed by atoms with E-state index in [-0.39, 0.29) is 22.9 Å². The van der Waals surface area contributed by atoms with Gasteiger partial charge in [0, 0.05) is 39.3 Å². The van der Waals surface area contributed by atoms with Crippen molar-refractivity contribution < 1.29 is 24.2 Å². The van der Waals surface area contributed by atoms with Crippen LogP contribution in [0.25, 0.3) is 16.7 Å². The first kappa shape index (κ1) is 25.7. The van der Waals surface area contributed by atoms with Crippen LogP contribution in [0, 0.1) is 0 Å². The Kier molecular flexibility index (Phi) is 7.06. The number of hydrogen-bond acceptors (Lipinski definition) is 5. The number of nitrogens with one attached hydrogen (secondary N) is 1. The van der Waals surface area contributed by atoms with Crippen molar-refractivity contribution in [3.05, 3.63) is 99.2 Å². The van der Waals surface area contributed by atoms with Gasteiger partial charge >= 0.3 is 0 Å². The second-order valence-electron chi connectivity index (χ2n) is 8.87. The van der Waals surface area contributed by atoms with Gasteiger partial charge in [0.25, 0.3) is 11.7 Å². The molecule has 1 atom stereocenters. The number of hydrogen-bond donors (Lipinski definition) is 2. The maximum atomic E-state index is 13.4. The van der Waals surface area contributed by atoms with Crippen LogP contribution in [0.1, 0.15) is 22.7 Å². The number of benzene rings is 3. The van der Waals surface area contributed by atoms with Gasteiger partial charge in [0.1, 0.15) is 17.3 Å². The Morgan fingerprint density at radius 2 is 1.76 bits per heavy atom. The molecule has 9 heteroatoms. The Labute approximate surface area is 229 Å². The van der Waals surface area contributed by atoms with Crippen molar-refractivity contribution in [3.8, 4) is 11.5 Å². The number of Topliss-reactive ketones (excluding diaryl/α,β-unsaturated/α-hetero) is 1. The average Bonchev–Trinajstić information content (AvgIpc) is 3.44. The fraction of sp³-hybridized carbons (Fsp3) is 0.172. The minimum Gasteiger partial charge on any atom is -0.507 e. The Morgan fingerprint density at radius 3 is 2.50 bits per heavy atom. The van der Waals surface area contributed by atoms with Crippen molar-refractivity contribution in [2.75, 3.05) is 20.8 Å². The number of fused-ring (bicyclic) bond motifs is 1. The summed E-state index contributed by atoms with van der Waals surface area (Å²) in [6.45, 7) is 0.202. The van der Waals surface area contributed by atoms with Crippen LogP contribution in [0.4, 0.5) is 0 Å². The summed E-state index contributed by atoms with van der Waals surface area (Å²) in [6, 6.07) is 16.3. The predicted molar refractivity (Wildman–Crippen MR) is 147 cm³/mol. The number of amides is 1. The third-order valence-electron chi connectivity index (χ3n) is 6.74. The van der Waals surface area contributed by atoms with E-state index in [2.05, 4.69) is 4.98 Å². The van der Waals surface area contributed by atoms with Gasteiger partial charge in [0.15, 0.2) is 0 Å². The van der Waals surface area contributed by atoms with E-state index >= 15 is 0 Å². The van der Waals surface area contributed by atoms with Crippen LogP contribution < -0.4 is 9.47 Å². The molecular formula is C29H24Cl2N2O5. The Morgan fingerprint density at radius 1 is 1.00 bits per heavy atom. The number of aromatic nitrogens is 1. The number of rotatable bonds is 7.